The smallest absolute Gasteiger partial charge is 0.130 e. The highest BCUT2D eigenvalue weighted by Crippen LogP contribution is 2.02. The van der Waals surface area contributed by atoms with Gasteiger partial charge in [-0.1, -0.05) is 12.6 Å². The van der Waals surface area contributed by atoms with Gasteiger partial charge in [-0.05, 0) is 32.0 Å². The Bertz CT molecular complexity index is 245. The second-order valence-corrected chi connectivity index (χ2v) is 2.01. The first-order valence-corrected chi connectivity index (χ1v) is 3.49. The highest BCUT2D eigenvalue weighted by Gasteiger charge is 1.87. The minimum atomic E-state index is 0.843. The first-order valence-electron chi connectivity index (χ1n) is 3.49. The Morgan fingerprint density at radius 2 is 2.17 bits per heavy atom. The van der Waals surface area contributed by atoms with E-state index in [1.807, 2.05) is 25.1 Å². The van der Waals surface area contributed by atoms with Crippen LogP contribution in [0.3, 0.4) is 0 Å². The molecule has 3 heteroatoms. The van der Waals surface area contributed by atoms with E-state index in [2.05, 4.69) is 23.6 Å². The summed E-state index contributed by atoms with van der Waals surface area (Å²) in [5.74, 6) is 0.843. The molecule has 0 aliphatic rings. The Kier molecular flexibility index (Phi) is 5.26. The van der Waals surface area contributed by atoms with Crippen molar-refractivity contribution in [3.63, 3.8) is 0 Å². The van der Waals surface area contributed by atoms with Crippen molar-refractivity contribution >= 4 is 12.5 Å². The lowest BCUT2D eigenvalue weighted by atomic mass is 10.4. The van der Waals surface area contributed by atoms with E-state index in [-0.39, 0.29) is 0 Å². The van der Waals surface area contributed by atoms with Crippen molar-refractivity contribution < 1.29 is 0 Å². The molecule has 0 saturated heterocycles. The molecular weight excluding hydrogens is 150 g/mol. The molecule has 0 saturated carbocycles. The van der Waals surface area contributed by atoms with Gasteiger partial charge >= 0.3 is 0 Å². The molecule has 0 aromatic carbocycles. The summed E-state index contributed by atoms with van der Waals surface area (Å²) in [5, 5.41) is 8.40. The number of nitrogens with zero attached hydrogens (tertiary/aromatic N) is 1. The third kappa shape index (κ3) is 3.51. The fraction of sp³-hybridized carbons (Fsp3) is 0.111. The third-order valence-corrected chi connectivity index (χ3v) is 1.14. The van der Waals surface area contributed by atoms with E-state index in [1.165, 1.54) is 0 Å². The van der Waals surface area contributed by atoms with E-state index < -0.39 is 0 Å². The Balaban J connectivity index is 0.000000561. The van der Waals surface area contributed by atoms with E-state index in [0.29, 0.717) is 0 Å². The molecule has 1 rings (SSSR count). The summed E-state index contributed by atoms with van der Waals surface area (Å²) < 4.78 is 0. The summed E-state index contributed by atoms with van der Waals surface area (Å²) in [6, 6.07) is 5.80. The molecule has 12 heavy (non-hydrogen) atoms. The van der Waals surface area contributed by atoms with Crippen LogP contribution in [0.5, 0.6) is 0 Å². The molecule has 0 spiro atoms. The average Bonchev–Trinajstić information content (AvgIpc) is 2.09. The number of hydrogen-bond acceptors (Lipinski definition) is 3. The molecule has 0 aliphatic carbocycles. The van der Waals surface area contributed by atoms with E-state index in [9.17, 15) is 0 Å². The van der Waals surface area contributed by atoms with Crippen LogP contribution in [0.4, 0.5) is 5.82 Å². The predicted octanol–water partition coefficient (Wildman–Crippen LogP) is 2.21. The molecule has 0 fully saturated rings. The molecule has 1 aromatic heterocycles. The Labute approximate surface area is 72.7 Å². The van der Waals surface area contributed by atoms with Gasteiger partial charge in [0.05, 0.1) is 0 Å². The fourth-order valence-electron chi connectivity index (χ4n) is 0.728. The summed E-state index contributed by atoms with van der Waals surface area (Å²) in [7, 11) is 0. The molecule has 0 radical (unpaired) electrons. The van der Waals surface area contributed by atoms with Crippen molar-refractivity contribution in [3.8, 4) is 0 Å². The van der Waals surface area contributed by atoms with Crippen LogP contribution in [0.1, 0.15) is 5.69 Å². The number of anilines is 1. The van der Waals surface area contributed by atoms with Crippen LogP contribution in [0, 0.1) is 12.3 Å². The Hall–Kier alpha value is -1.64. The van der Waals surface area contributed by atoms with Gasteiger partial charge in [0, 0.05) is 5.69 Å². The largest absolute Gasteiger partial charge is 0.347 e. The van der Waals surface area contributed by atoms with Gasteiger partial charge in [0.25, 0.3) is 0 Å². The van der Waals surface area contributed by atoms with Gasteiger partial charge in [0.1, 0.15) is 5.82 Å². The minimum Gasteiger partial charge on any atom is -0.347 e. The van der Waals surface area contributed by atoms with Crippen LogP contribution in [-0.2, 0) is 0 Å². The molecule has 0 atom stereocenters. The summed E-state index contributed by atoms with van der Waals surface area (Å²) >= 11 is 0. The maximum atomic E-state index is 5.50. The van der Waals surface area contributed by atoms with Gasteiger partial charge in [-0.2, -0.15) is 0 Å². The molecule has 64 valence electrons. The highest BCUT2D eigenvalue weighted by atomic mass is 15.0. The van der Waals surface area contributed by atoms with Gasteiger partial charge in [-0.25, -0.2) is 4.98 Å². The van der Waals surface area contributed by atoms with Crippen molar-refractivity contribution in [2.45, 2.75) is 6.92 Å². The maximum absolute atomic E-state index is 5.50. The highest BCUT2D eigenvalue weighted by molar-refractivity contribution is 5.37. The average molecular weight is 163 g/mol. The van der Waals surface area contributed by atoms with Crippen molar-refractivity contribution in [3.05, 3.63) is 36.7 Å². The predicted molar refractivity (Wildman–Crippen MR) is 52.6 cm³/mol. The van der Waals surface area contributed by atoms with E-state index in [0.717, 1.165) is 11.5 Å². The van der Waals surface area contributed by atoms with Gasteiger partial charge in [0.2, 0.25) is 0 Å². The summed E-state index contributed by atoms with van der Waals surface area (Å²) in [6.45, 7) is 7.99. The minimum absolute atomic E-state index is 0.843. The van der Waals surface area contributed by atoms with Crippen LogP contribution in [0.25, 0.3) is 0 Å². The fourth-order valence-corrected chi connectivity index (χ4v) is 0.728. The quantitative estimate of drug-likeness (QED) is 0.657. The second kappa shape index (κ2) is 6.09. The molecule has 0 amide bonds. The topological polar surface area (TPSA) is 48.8 Å². The summed E-state index contributed by atoms with van der Waals surface area (Å²) in [4.78, 5) is 4.18. The molecular formula is C9H13N3. The lowest BCUT2D eigenvalue weighted by molar-refractivity contribution is 1.20. The van der Waals surface area contributed by atoms with Gasteiger partial charge in [0.15, 0.2) is 0 Å². The van der Waals surface area contributed by atoms with E-state index in [1.54, 1.807) is 6.20 Å². The summed E-state index contributed by atoms with van der Waals surface area (Å²) in [6.07, 6.45) is 1.61. The van der Waals surface area contributed by atoms with Gasteiger partial charge < -0.3 is 10.7 Å². The normalized spacial score (nSPS) is 7.75. The number of nitrogens with one attached hydrogen (secondary N) is 2. The molecule has 0 aliphatic heterocycles. The van der Waals surface area contributed by atoms with Crippen molar-refractivity contribution in [2.24, 2.45) is 0 Å². The zero-order chi connectivity index (χ0) is 9.40. The first kappa shape index (κ1) is 10.4. The van der Waals surface area contributed by atoms with E-state index in [4.69, 9.17) is 5.41 Å². The molecule has 1 heterocycles. The lowest BCUT2D eigenvalue weighted by Gasteiger charge is -1.98. The van der Waals surface area contributed by atoms with Crippen LogP contribution < -0.4 is 5.32 Å². The summed E-state index contributed by atoms with van der Waals surface area (Å²) in [5.41, 5.74) is 1.01. The Morgan fingerprint density at radius 1 is 1.50 bits per heavy atom. The van der Waals surface area contributed by atoms with Crippen molar-refractivity contribution in [1.82, 2.24) is 4.98 Å². The number of aromatic nitrogens is 1. The maximum Gasteiger partial charge on any atom is 0.130 e. The molecule has 2 N–H and O–H groups in total. The standard InChI is InChI=1S/C8H10N2.CH3N/c1-3-9-8-6-4-5-7(2)10-8;1-2/h3-6H,1H2,2H3,(H,9,10);2H,1H2. The van der Waals surface area contributed by atoms with E-state index >= 15 is 0 Å². The van der Waals surface area contributed by atoms with Crippen molar-refractivity contribution in [1.29, 1.82) is 5.41 Å². The van der Waals surface area contributed by atoms with Gasteiger partial charge in [-0.3, -0.25) is 0 Å². The number of pyridine rings is 1. The van der Waals surface area contributed by atoms with Crippen LogP contribution >= 0.6 is 0 Å². The van der Waals surface area contributed by atoms with Gasteiger partial charge in [-0.15, -0.1) is 0 Å². The SMILES string of the molecule is C=CNc1cccc(C)n1.C=N. The zero-order valence-corrected chi connectivity index (χ0v) is 7.17. The molecule has 1 aromatic rings. The van der Waals surface area contributed by atoms with Crippen LogP contribution in [-0.4, -0.2) is 11.7 Å². The number of rotatable bonds is 2. The molecule has 3 nitrogen and oxygen atoms in total. The first-order chi connectivity index (χ1) is 5.83. The van der Waals surface area contributed by atoms with Crippen LogP contribution in [0.2, 0.25) is 0 Å². The monoisotopic (exact) mass is 163 g/mol. The second-order valence-electron chi connectivity index (χ2n) is 2.01. The zero-order valence-electron chi connectivity index (χ0n) is 7.17. The van der Waals surface area contributed by atoms with Crippen molar-refractivity contribution in [2.75, 3.05) is 5.32 Å². The number of aryl methyl sites for hydroxylation is 1. The molecule has 0 bridgehead atoms. The Morgan fingerprint density at radius 3 is 2.67 bits per heavy atom. The third-order valence-electron chi connectivity index (χ3n) is 1.14. The van der Waals surface area contributed by atoms with Crippen LogP contribution in [0.15, 0.2) is 31.0 Å². The lowest BCUT2D eigenvalue weighted by Crippen LogP contribution is -1.90. The molecule has 0 unspecified atom stereocenters. The number of hydrogen-bond donors (Lipinski definition) is 2.